The number of benzene rings is 1. The summed E-state index contributed by atoms with van der Waals surface area (Å²) >= 11 is 1.76. The van der Waals surface area contributed by atoms with E-state index in [0.717, 1.165) is 24.2 Å². The van der Waals surface area contributed by atoms with Crippen LogP contribution < -0.4 is 5.32 Å². The van der Waals surface area contributed by atoms with Crippen molar-refractivity contribution >= 4 is 17.9 Å². The van der Waals surface area contributed by atoms with Gasteiger partial charge in [-0.05, 0) is 24.7 Å². The van der Waals surface area contributed by atoms with E-state index in [1.165, 1.54) is 0 Å². The van der Waals surface area contributed by atoms with Crippen molar-refractivity contribution in [2.75, 3.05) is 12.0 Å². The van der Waals surface area contributed by atoms with Crippen LogP contribution in [-0.4, -0.2) is 23.6 Å². The largest absolute Gasteiger partial charge is 0.445 e. The molecular formula is C13H17NO2S. The molecule has 1 aliphatic rings. The first-order valence-electron chi connectivity index (χ1n) is 5.72. The van der Waals surface area contributed by atoms with Gasteiger partial charge in [0.2, 0.25) is 0 Å². The number of hydrogen-bond acceptors (Lipinski definition) is 3. The second-order valence-electron chi connectivity index (χ2n) is 4.40. The number of thioether (sulfide) groups is 1. The molecule has 1 fully saturated rings. The SMILES string of the molecule is CSCC1(NC(=O)OCc2ccccc2)CC1. The minimum absolute atomic E-state index is 0.00713. The molecule has 0 atom stereocenters. The highest BCUT2D eigenvalue weighted by molar-refractivity contribution is 7.98. The van der Waals surface area contributed by atoms with Crippen molar-refractivity contribution in [2.45, 2.75) is 25.0 Å². The summed E-state index contributed by atoms with van der Waals surface area (Å²) in [6, 6.07) is 9.71. The number of amides is 1. The van der Waals surface area contributed by atoms with Gasteiger partial charge in [-0.1, -0.05) is 30.3 Å². The molecule has 0 radical (unpaired) electrons. The number of hydrogen-bond donors (Lipinski definition) is 1. The van der Waals surface area contributed by atoms with Crippen LogP contribution in [0.1, 0.15) is 18.4 Å². The summed E-state index contributed by atoms with van der Waals surface area (Å²) in [4.78, 5) is 11.6. The number of alkyl carbamates (subject to hydrolysis) is 1. The maximum absolute atomic E-state index is 11.6. The van der Waals surface area contributed by atoms with Crippen molar-refractivity contribution in [1.82, 2.24) is 5.32 Å². The Kier molecular flexibility index (Phi) is 3.94. The van der Waals surface area contributed by atoms with Crippen LogP contribution in [-0.2, 0) is 11.3 Å². The lowest BCUT2D eigenvalue weighted by atomic mass is 10.2. The van der Waals surface area contributed by atoms with Gasteiger partial charge in [-0.15, -0.1) is 0 Å². The van der Waals surface area contributed by atoms with Crippen LogP contribution >= 0.6 is 11.8 Å². The highest BCUT2D eigenvalue weighted by atomic mass is 32.2. The van der Waals surface area contributed by atoms with Crippen molar-refractivity contribution in [2.24, 2.45) is 0 Å². The molecule has 0 unspecified atom stereocenters. The smallest absolute Gasteiger partial charge is 0.407 e. The summed E-state index contributed by atoms with van der Waals surface area (Å²) in [7, 11) is 0. The molecule has 17 heavy (non-hydrogen) atoms. The molecule has 0 saturated heterocycles. The highest BCUT2D eigenvalue weighted by Gasteiger charge is 2.43. The average molecular weight is 251 g/mol. The molecule has 1 aliphatic carbocycles. The Morgan fingerprint density at radius 2 is 2.12 bits per heavy atom. The van der Waals surface area contributed by atoms with Crippen molar-refractivity contribution in [1.29, 1.82) is 0 Å². The highest BCUT2D eigenvalue weighted by Crippen LogP contribution is 2.37. The van der Waals surface area contributed by atoms with Crippen molar-refractivity contribution in [3.8, 4) is 0 Å². The lowest BCUT2D eigenvalue weighted by Gasteiger charge is -2.15. The van der Waals surface area contributed by atoms with E-state index in [-0.39, 0.29) is 11.6 Å². The van der Waals surface area contributed by atoms with Gasteiger partial charge in [0.05, 0.1) is 5.54 Å². The van der Waals surface area contributed by atoms with Crippen LogP contribution in [0.2, 0.25) is 0 Å². The van der Waals surface area contributed by atoms with E-state index in [9.17, 15) is 4.79 Å². The third-order valence-electron chi connectivity index (χ3n) is 2.85. The second-order valence-corrected chi connectivity index (χ2v) is 5.27. The third kappa shape index (κ3) is 3.66. The first-order valence-corrected chi connectivity index (χ1v) is 7.11. The Hall–Kier alpha value is -1.16. The Labute approximate surface area is 106 Å². The zero-order valence-electron chi connectivity index (χ0n) is 9.94. The van der Waals surface area contributed by atoms with Gasteiger partial charge in [-0.3, -0.25) is 0 Å². The Morgan fingerprint density at radius 1 is 1.41 bits per heavy atom. The predicted octanol–water partition coefficient (Wildman–Crippen LogP) is 2.81. The fraction of sp³-hybridized carbons (Fsp3) is 0.462. The number of ether oxygens (including phenoxy) is 1. The molecule has 0 bridgehead atoms. The van der Waals surface area contributed by atoms with Crippen molar-refractivity contribution in [3.05, 3.63) is 35.9 Å². The predicted molar refractivity (Wildman–Crippen MR) is 70.1 cm³/mol. The van der Waals surface area contributed by atoms with Crippen LogP contribution in [0.15, 0.2) is 30.3 Å². The van der Waals surface area contributed by atoms with Crippen LogP contribution in [0.4, 0.5) is 4.79 Å². The van der Waals surface area contributed by atoms with E-state index in [1.807, 2.05) is 30.3 Å². The van der Waals surface area contributed by atoms with E-state index >= 15 is 0 Å². The van der Waals surface area contributed by atoms with E-state index in [4.69, 9.17) is 4.74 Å². The van der Waals surface area contributed by atoms with Gasteiger partial charge in [0.25, 0.3) is 0 Å². The van der Waals surface area contributed by atoms with E-state index in [0.29, 0.717) is 6.61 Å². The Morgan fingerprint density at radius 3 is 2.71 bits per heavy atom. The topological polar surface area (TPSA) is 38.3 Å². The van der Waals surface area contributed by atoms with E-state index < -0.39 is 0 Å². The van der Waals surface area contributed by atoms with Crippen LogP contribution in [0.25, 0.3) is 0 Å². The molecule has 1 N–H and O–H groups in total. The lowest BCUT2D eigenvalue weighted by Crippen LogP contribution is -2.39. The van der Waals surface area contributed by atoms with Crippen LogP contribution in [0.3, 0.4) is 0 Å². The molecule has 0 heterocycles. The minimum atomic E-state index is -0.305. The zero-order valence-corrected chi connectivity index (χ0v) is 10.8. The molecule has 1 saturated carbocycles. The monoisotopic (exact) mass is 251 g/mol. The summed E-state index contributed by atoms with van der Waals surface area (Å²) in [6.45, 7) is 0.335. The molecule has 92 valence electrons. The molecule has 2 rings (SSSR count). The van der Waals surface area contributed by atoms with E-state index in [1.54, 1.807) is 11.8 Å². The lowest BCUT2D eigenvalue weighted by molar-refractivity contribution is 0.135. The van der Waals surface area contributed by atoms with Gasteiger partial charge in [-0.25, -0.2) is 4.79 Å². The van der Waals surface area contributed by atoms with Gasteiger partial charge in [-0.2, -0.15) is 11.8 Å². The van der Waals surface area contributed by atoms with Gasteiger partial charge >= 0.3 is 6.09 Å². The summed E-state index contributed by atoms with van der Waals surface area (Å²) in [6.07, 6.45) is 3.87. The maximum atomic E-state index is 11.6. The Balaban J connectivity index is 1.75. The number of carbonyl (C=O) groups is 1. The summed E-state index contributed by atoms with van der Waals surface area (Å²) < 4.78 is 5.19. The summed E-state index contributed by atoms with van der Waals surface area (Å²) in [5.74, 6) is 0.966. The van der Waals surface area contributed by atoms with Crippen molar-refractivity contribution < 1.29 is 9.53 Å². The van der Waals surface area contributed by atoms with Crippen LogP contribution in [0, 0.1) is 0 Å². The molecule has 0 aromatic heterocycles. The molecule has 4 heteroatoms. The molecule has 1 amide bonds. The van der Waals surface area contributed by atoms with E-state index in [2.05, 4.69) is 11.6 Å². The molecule has 0 spiro atoms. The Bertz CT molecular complexity index is 376. The molecule has 1 aromatic rings. The average Bonchev–Trinajstić information content (AvgIpc) is 3.08. The van der Waals surface area contributed by atoms with Gasteiger partial charge in [0.1, 0.15) is 6.61 Å². The zero-order chi connectivity index (χ0) is 12.1. The standard InChI is InChI=1S/C13H17NO2S/c1-17-10-13(7-8-13)14-12(15)16-9-11-5-3-2-4-6-11/h2-6H,7-10H2,1H3,(H,14,15). The molecule has 1 aromatic carbocycles. The summed E-state index contributed by atoms with van der Waals surface area (Å²) in [5.41, 5.74) is 1.02. The first kappa shape index (κ1) is 12.3. The summed E-state index contributed by atoms with van der Waals surface area (Å²) in [5, 5.41) is 2.96. The molecular weight excluding hydrogens is 234 g/mol. The fourth-order valence-electron chi connectivity index (χ4n) is 1.71. The van der Waals surface area contributed by atoms with Crippen molar-refractivity contribution in [3.63, 3.8) is 0 Å². The molecule has 0 aliphatic heterocycles. The third-order valence-corrected chi connectivity index (χ3v) is 3.70. The number of nitrogens with one attached hydrogen (secondary N) is 1. The number of carbonyl (C=O) groups excluding carboxylic acids is 1. The normalized spacial score (nSPS) is 16.3. The van der Waals surface area contributed by atoms with Gasteiger partial charge < -0.3 is 10.1 Å². The first-order chi connectivity index (χ1) is 8.24. The van der Waals surface area contributed by atoms with Gasteiger partial charge in [0, 0.05) is 5.75 Å². The maximum Gasteiger partial charge on any atom is 0.407 e. The van der Waals surface area contributed by atoms with Gasteiger partial charge in [0.15, 0.2) is 0 Å². The second kappa shape index (κ2) is 5.45. The molecule has 3 nitrogen and oxygen atoms in total. The minimum Gasteiger partial charge on any atom is -0.445 e. The van der Waals surface area contributed by atoms with Crippen LogP contribution in [0.5, 0.6) is 0 Å². The number of rotatable bonds is 5. The fourth-order valence-corrected chi connectivity index (χ4v) is 2.62. The quantitative estimate of drug-likeness (QED) is 0.874.